The number of phenols is 2. The number of ketones is 2. The molecule has 5 N–H and O–H groups in total. The summed E-state index contributed by atoms with van der Waals surface area (Å²) >= 11 is 0. The number of aryl methyl sites for hydroxylation is 1. The number of ether oxygens (including phenoxy) is 5. The van der Waals surface area contributed by atoms with Gasteiger partial charge >= 0.3 is 17.9 Å². The van der Waals surface area contributed by atoms with Gasteiger partial charge in [-0.3, -0.25) is 14.4 Å². The van der Waals surface area contributed by atoms with Crippen LogP contribution >= 0.6 is 0 Å². The number of aromatic hydroxyl groups is 2. The highest BCUT2D eigenvalue weighted by Crippen LogP contribution is 2.57. The molecule has 4 aliphatic rings. The second-order valence-corrected chi connectivity index (χ2v) is 12.3. The normalized spacial score (nSPS) is 27.1. The van der Waals surface area contributed by atoms with Gasteiger partial charge in [0.1, 0.15) is 51.7 Å². The van der Waals surface area contributed by atoms with Crippen LogP contribution in [-0.2, 0) is 38.2 Å². The van der Waals surface area contributed by atoms with Gasteiger partial charge in [0, 0.05) is 36.8 Å². The molecule has 2 saturated carbocycles. The molecule has 0 bridgehead atoms. The van der Waals surface area contributed by atoms with Crippen molar-refractivity contribution in [1.29, 1.82) is 0 Å². The number of hydrogen-bond acceptors (Lipinski definition) is 15. The molecule has 258 valence electrons. The van der Waals surface area contributed by atoms with Gasteiger partial charge in [0.05, 0.1) is 25.4 Å². The molecule has 6 rings (SSSR count). The molecule has 0 amide bonds. The molecule has 0 unspecified atom stereocenters. The van der Waals surface area contributed by atoms with Crippen LogP contribution in [0, 0.1) is 12.8 Å². The maximum Gasteiger partial charge on any atom is 0.359 e. The highest BCUT2D eigenvalue weighted by Gasteiger charge is 2.65. The Balaban J connectivity index is 1.65. The van der Waals surface area contributed by atoms with E-state index in [1.54, 1.807) is 0 Å². The number of carbonyl (C=O) groups excluding carboxylic acids is 5. The number of aliphatic hydroxyl groups excluding tert-OH is 3. The van der Waals surface area contributed by atoms with Gasteiger partial charge in [0.2, 0.25) is 0 Å². The van der Waals surface area contributed by atoms with Gasteiger partial charge in [-0.15, -0.1) is 0 Å². The lowest BCUT2D eigenvalue weighted by Crippen LogP contribution is -2.65. The monoisotopic (exact) mass is 680 g/mol. The number of hydrogen-bond donors (Lipinski definition) is 5. The van der Waals surface area contributed by atoms with E-state index in [-0.39, 0.29) is 41.7 Å². The molecule has 2 aliphatic heterocycles. The van der Waals surface area contributed by atoms with Crippen molar-refractivity contribution >= 4 is 41.0 Å². The fourth-order valence-electron chi connectivity index (χ4n) is 7.39. The first-order valence-electron chi connectivity index (χ1n) is 15.2. The van der Waals surface area contributed by atoms with E-state index in [0.717, 1.165) is 27.2 Å². The van der Waals surface area contributed by atoms with Crippen LogP contribution in [0.25, 0.3) is 22.6 Å². The van der Waals surface area contributed by atoms with Crippen LogP contribution in [0.3, 0.4) is 0 Å². The Labute approximate surface area is 277 Å². The fourth-order valence-corrected chi connectivity index (χ4v) is 7.39. The Morgan fingerprint density at radius 3 is 2.12 bits per heavy atom. The summed E-state index contributed by atoms with van der Waals surface area (Å²) in [5.41, 5.74) is -7.19. The molecular formula is C34H32O15. The van der Waals surface area contributed by atoms with Crippen molar-refractivity contribution in [1.82, 2.24) is 0 Å². The van der Waals surface area contributed by atoms with Gasteiger partial charge in [-0.25, -0.2) is 9.59 Å². The van der Waals surface area contributed by atoms with E-state index in [1.165, 1.54) is 26.0 Å². The van der Waals surface area contributed by atoms with Crippen LogP contribution in [0.2, 0.25) is 0 Å². The zero-order chi connectivity index (χ0) is 35.9. The number of phenolic OH excluding ortho intramolecular Hbond substituents is 2. The van der Waals surface area contributed by atoms with E-state index >= 15 is 0 Å². The van der Waals surface area contributed by atoms with Crippen LogP contribution in [0.4, 0.5) is 0 Å². The topological polar surface area (TPSA) is 233 Å². The lowest BCUT2D eigenvalue weighted by Gasteiger charge is -2.46. The maximum atomic E-state index is 13.7. The van der Waals surface area contributed by atoms with Crippen molar-refractivity contribution in [3.05, 3.63) is 46.0 Å². The Hall–Kier alpha value is -5.57. The van der Waals surface area contributed by atoms with Gasteiger partial charge < -0.3 is 49.2 Å². The van der Waals surface area contributed by atoms with E-state index in [1.807, 2.05) is 0 Å². The molecule has 0 aromatic heterocycles. The van der Waals surface area contributed by atoms with Gasteiger partial charge in [0.25, 0.3) is 11.2 Å². The van der Waals surface area contributed by atoms with Gasteiger partial charge in [-0.1, -0.05) is 6.92 Å². The molecule has 15 nitrogen and oxygen atoms in total. The minimum atomic E-state index is -2.56. The summed E-state index contributed by atoms with van der Waals surface area (Å²) in [5, 5.41) is 56.9. The summed E-state index contributed by atoms with van der Waals surface area (Å²) < 4.78 is 27.7. The van der Waals surface area contributed by atoms with Crippen molar-refractivity contribution in [2.24, 2.45) is 5.92 Å². The first-order valence-corrected chi connectivity index (χ1v) is 15.2. The quantitative estimate of drug-likeness (QED) is 0.231. The molecule has 5 atom stereocenters. The Bertz CT molecular complexity index is 1950. The smallest absolute Gasteiger partial charge is 0.359 e. The first kappa shape index (κ1) is 33.3. The van der Waals surface area contributed by atoms with E-state index in [4.69, 9.17) is 23.7 Å². The summed E-state index contributed by atoms with van der Waals surface area (Å²) in [6.07, 6.45) is -3.83. The molecule has 2 heterocycles. The van der Waals surface area contributed by atoms with Gasteiger partial charge in [-0.05, 0) is 37.1 Å². The highest BCUT2D eigenvalue weighted by molar-refractivity contribution is 6.14. The third-order valence-corrected chi connectivity index (χ3v) is 9.46. The average Bonchev–Trinajstić information content (AvgIpc) is 3.04. The number of esters is 3. The molecule has 2 aliphatic carbocycles. The molecular weight excluding hydrogens is 648 g/mol. The van der Waals surface area contributed by atoms with Crippen LogP contribution in [0.15, 0.2) is 29.3 Å². The van der Waals surface area contributed by atoms with Crippen LogP contribution < -0.4 is 9.47 Å². The van der Waals surface area contributed by atoms with Crippen molar-refractivity contribution < 1.29 is 73.2 Å². The lowest BCUT2D eigenvalue weighted by molar-refractivity contribution is -0.185. The van der Waals surface area contributed by atoms with Crippen molar-refractivity contribution in [2.45, 2.75) is 63.4 Å². The van der Waals surface area contributed by atoms with Gasteiger partial charge in [0.15, 0.2) is 17.7 Å². The number of fused-ring (bicyclic) bond motifs is 4. The molecule has 0 radical (unpaired) electrons. The van der Waals surface area contributed by atoms with Crippen LogP contribution in [0.1, 0.15) is 49.8 Å². The Morgan fingerprint density at radius 2 is 1.49 bits per heavy atom. The highest BCUT2D eigenvalue weighted by atomic mass is 16.6. The summed E-state index contributed by atoms with van der Waals surface area (Å²) in [6, 6.07) is 3.67. The van der Waals surface area contributed by atoms with E-state index < -0.39 is 110 Å². The number of rotatable bonds is 4. The number of benzene rings is 2. The number of aliphatic hydroxyl groups is 3. The van der Waals surface area contributed by atoms with Crippen molar-refractivity contribution in [3.63, 3.8) is 0 Å². The molecule has 2 aromatic rings. The van der Waals surface area contributed by atoms with Crippen molar-refractivity contribution in [3.8, 4) is 34.1 Å². The van der Waals surface area contributed by atoms with Gasteiger partial charge in [-0.2, -0.15) is 0 Å². The number of carbonyl (C=O) groups is 5. The summed E-state index contributed by atoms with van der Waals surface area (Å²) in [6.45, 7) is 4.09. The molecule has 15 heteroatoms. The number of methoxy groups -OCH3 is 2. The zero-order valence-corrected chi connectivity index (χ0v) is 26.9. The molecule has 49 heavy (non-hydrogen) atoms. The van der Waals surface area contributed by atoms with E-state index in [2.05, 4.69) is 0 Å². The predicted molar refractivity (Wildman–Crippen MR) is 164 cm³/mol. The molecule has 0 spiro atoms. The third-order valence-electron chi connectivity index (χ3n) is 9.46. The molecule has 2 aromatic carbocycles. The van der Waals surface area contributed by atoms with Crippen LogP contribution in [-0.4, -0.2) is 92.6 Å². The molecule has 0 saturated heterocycles. The SMILES string of the molecule is COC(=O)[C@@]12Oc3cc(C)c(-c4ccc(O)c5c4O[C@]4(C(=O)OC)C(=C5O)C(=O)C[C@H](C)[C@@H]4OC(C)=O)c(O)c3C(O)=C1C(=O)CC[C@@H]2O. The maximum absolute atomic E-state index is 13.7. The standard InChI is InChI=1S/C34H32O15/c1-12-11-19-23(28(42)24-17(37)8-9-20(39)33(24,48-19)31(43)45-4)26(40)21(12)15-6-7-16(36)22-27(41)25-18(38)10-13(2)30(47-14(3)35)34(25,32(44)46-5)49-29(15)22/h6-7,11,13,20,30,36,39-42H,8-10H2,1-5H3/t13-,20-,30-,33-,34+/m0/s1. The summed E-state index contributed by atoms with van der Waals surface area (Å²) in [7, 11) is 2.01. The number of Topliss-reactive ketones (excluding diaryl/α,β-unsaturated/α-hetero) is 2. The van der Waals surface area contributed by atoms with E-state index in [0.29, 0.717) is 0 Å². The van der Waals surface area contributed by atoms with E-state index in [9.17, 15) is 49.5 Å². The lowest BCUT2D eigenvalue weighted by atomic mass is 9.69. The van der Waals surface area contributed by atoms with Crippen molar-refractivity contribution in [2.75, 3.05) is 14.2 Å². The second kappa shape index (κ2) is 11.3. The largest absolute Gasteiger partial charge is 0.507 e. The molecule has 2 fully saturated rings. The fraction of sp³-hybridized carbons (Fsp3) is 0.382. The predicted octanol–water partition coefficient (Wildman–Crippen LogP) is 2.48. The third kappa shape index (κ3) is 4.34. The summed E-state index contributed by atoms with van der Waals surface area (Å²) in [5.74, 6) is -9.34. The second-order valence-electron chi connectivity index (χ2n) is 12.3. The Morgan fingerprint density at radius 1 is 0.878 bits per heavy atom. The summed E-state index contributed by atoms with van der Waals surface area (Å²) in [4.78, 5) is 65.6. The average molecular weight is 681 g/mol. The van der Waals surface area contributed by atoms with Crippen LogP contribution in [0.5, 0.6) is 23.0 Å². The minimum absolute atomic E-state index is 0.107. The zero-order valence-electron chi connectivity index (χ0n) is 26.9. The first-order chi connectivity index (χ1) is 23.1. The Kier molecular flexibility index (Phi) is 7.66. The minimum Gasteiger partial charge on any atom is -0.507 e.